The number of likely N-dealkylation sites (tertiary alicyclic amines) is 1. The Bertz CT molecular complexity index is 1290. The maximum absolute atomic E-state index is 13.6. The van der Waals surface area contributed by atoms with Gasteiger partial charge in [-0.15, -0.1) is 0 Å². The van der Waals surface area contributed by atoms with Crippen molar-refractivity contribution in [2.45, 2.75) is 26.7 Å². The van der Waals surface area contributed by atoms with Gasteiger partial charge in [0.25, 0.3) is 11.5 Å². The smallest absolute Gasteiger partial charge is 0.297 e. The SMILES string of the molecule is Cc1c(N=C2C(=O)N(C[NH+]3CCCC(C)C3)c3ccccc32)c(=O)n(-c2ccccc2)n1C. The fourth-order valence-electron chi connectivity index (χ4n) is 5.09. The van der Waals surface area contributed by atoms with Crippen molar-refractivity contribution in [2.75, 3.05) is 24.7 Å². The molecule has 5 rings (SSSR count). The molecule has 0 radical (unpaired) electrons. The molecule has 2 aromatic carbocycles. The number of amides is 1. The number of quaternary nitrogens is 1. The molecule has 2 aliphatic rings. The van der Waals surface area contributed by atoms with Gasteiger partial charge in [-0.25, -0.2) is 9.67 Å². The number of anilines is 1. The van der Waals surface area contributed by atoms with Crippen LogP contribution in [0.5, 0.6) is 0 Å². The first kappa shape index (κ1) is 21.4. The molecule has 2 aliphatic heterocycles. The number of nitrogens with one attached hydrogen (secondary N) is 1. The van der Waals surface area contributed by atoms with Gasteiger partial charge in [-0.05, 0) is 38.0 Å². The van der Waals surface area contributed by atoms with Crippen molar-refractivity contribution < 1.29 is 9.69 Å². The first-order valence-electron chi connectivity index (χ1n) is 11.6. The van der Waals surface area contributed by atoms with Gasteiger partial charge < -0.3 is 4.90 Å². The van der Waals surface area contributed by atoms with Gasteiger partial charge >= 0.3 is 0 Å². The Morgan fingerprint density at radius 2 is 1.79 bits per heavy atom. The monoisotopic (exact) mass is 444 g/mol. The Hall–Kier alpha value is -3.45. The largest absolute Gasteiger partial charge is 0.317 e. The molecule has 170 valence electrons. The number of carbonyl (C=O) groups is 1. The Morgan fingerprint density at radius 1 is 1.06 bits per heavy atom. The van der Waals surface area contributed by atoms with Gasteiger partial charge in [0.1, 0.15) is 5.71 Å². The van der Waals surface area contributed by atoms with Crippen LogP contribution >= 0.6 is 0 Å². The van der Waals surface area contributed by atoms with Crippen LogP contribution in [0.2, 0.25) is 0 Å². The summed E-state index contributed by atoms with van der Waals surface area (Å²) < 4.78 is 3.39. The molecule has 1 N–H and O–H groups in total. The molecule has 3 heterocycles. The Morgan fingerprint density at radius 3 is 2.55 bits per heavy atom. The summed E-state index contributed by atoms with van der Waals surface area (Å²) in [7, 11) is 1.84. The molecular weight excluding hydrogens is 414 g/mol. The summed E-state index contributed by atoms with van der Waals surface area (Å²) in [4.78, 5) is 34.9. The molecule has 0 aliphatic carbocycles. The first-order valence-corrected chi connectivity index (χ1v) is 11.6. The van der Waals surface area contributed by atoms with E-state index in [0.29, 0.717) is 24.0 Å². The lowest BCUT2D eigenvalue weighted by molar-refractivity contribution is -0.907. The molecule has 1 fully saturated rings. The number of benzene rings is 2. The quantitative estimate of drug-likeness (QED) is 0.671. The lowest BCUT2D eigenvalue weighted by Crippen LogP contribution is -3.15. The van der Waals surface area contributed by atoms with Crippen molar-refractivity contribution in [3.63, 3.8) is 0 Å². The topological polar surface area (TPSA) is 64.0 Å². The Labute approximate surface area is 193 Å². The fraction of sp³-hybridized carbons (Fsp3) is 0.346. The van der Waals surface area contributed by atoms with Crippen molar-refractivity contribution in [2.24, 2.45) is 18.0 Å². The van der Waals surface area contributed by atoms with Gasteiger partial charge in [-0.1, -0.05) is 43.3 Å². The van der Waals surface area contributed by atoms with E-state index >= 15 is 0 Å². The molecule has 0 bridgehead atoms. The van der Waals surface area contributed by atoms with Crippen LogP contribution in [0.25, 0.3) is 5.69 Å². The van der Waals surface area contributed by atoms with Gasteiger partial charge in [0.15, 0.2) is 12.4 Å². The number of piperidine rings is 1. The summed E-state index contributed by atoms with van der Waals surface area (Å²) in [6.07, 6.45) is 2.44. The van der Waals surface area contributed by atoms with E-state index in [1.54, 1.807) is 9.36 Å². The number of hydrogen-bond donors (Lipinski definition) is 1. The minimum absolute atomic E-state index is 0.129. The summed E-state index contributed by atoms with van der Waals surface area (Å²) in [6, 6.07) is 17.3. The van der Waals surface area contributed by atoms with Crippen LogP contribution < -0.4 is 15.4 Å². The molecule has 0 spiro atoms. The van der Waals surface area contributed by atoms with E-state index in [9.17, 15) is 9.59 Å². The fourth-order valence-corrected chi connectivity index (χ4v) is 5.09. The summed E-state index contributed by atoms with van der Waals surface area (Å²) >= 11 is 0. The van der Waals surface area contributed by atoms with Crippen LogP contribution in [0.4, 0.5) is 11.4 Å². The molecule has 33 heavy (non-hydrogen) atoms. The molecular formula is C26H30N5O2+. The van der Waals surface area contributed by atoms with Gasteiger partial charge in [-0.3, -0.25) is 19.2 Å². The number of rotatable bonds is 4. The van der Waals surface area contributed by atoms with E-state index in [1.807, 2.05) is 73.5 Å². The van der Waals surface area contributed by atoms with Gasteiger partial charge in [0.2, 0.25) is 0 Å². The van der Waals surface area contributed by atoms with E-state index in [0.717, 1.165) is 35.7 Å². The Balaban J connectivity index is 1.56. The van der Waals surface area contributed by atoms with Gasteiger partial charge in [-0.2, -0.15) is 0 Å². The van der Waals surface area contributed by atoms with E-state index < -0.39 is 0 Å². The summed E-state index contributed by atoms with van der Waals surface area (Å²) in [5.74, 6) is 0.536. The third-order valence-corrected chi connectivity index (χ3v) is 6.89. The molecule has 2 atom stereocenters. The van der Waals surface area contributed by atoms with Gasteiger partial charge in [0.05, 0.1) is 30.2 Å². The van der Waals surface area contributed by atoms with Gasteiger partial charge in [0, 0.05) is 18.5 Å². The van der Waals surface area contributed by atoms with E-state index in [1.165, 1.54) is 17.7 Å². The number of hydrogen-bond acceptors (Lipinski definition) is 3. The molecule has 3 aromatic rings. The first-order chi connectivity index (χ1) is 16.0. The zero-order valence-corrected chi connectivity index (χ0v) is 19.4. The zero-order valence-electron chi connectivity index (χ0n) is 19.4. The van der Waals surface area contributed by atoms with Crippen LogP contribution in [-0.2, 0) is 11.8 Å². The summed E-state index contributed by atoms with van der Waals surface area (Å²) in [5, 5.41) is 0. The molecule has 7 nitrogen and oxygen atoms in total. The third-order valence-electron chi connectivity index (χ3n) is 6.89. The van der Waals surface area contributed by atoms with Crippen molar-refractivity contribution in [1.82, 2.24) is 9.36 Å². The second kappa shape index (κ2) is 8.48. The van der Waals surface area contributed by atoms with Crippen LogP contribution in [0, 0.1) is 12.8 Å². The molecule has 1 saturated heterocycles. The number of para-hydroxylation sites is 2. The standard InChI is InChI=1S/C26H29N5O2/c1-18-10-9-15-29(16-18)17-30-22-14-8-7-13-21(22)24(25(30)32)27-23-19(2)28(3)31(26(23)33)20-11-5-4-6-12-20/h4-8,11-14,18H,9-10,15-17H2,1-3H3/p+1. The normalized spacial score (nSPS) is 21.6. The van der Waals surface area contributed by atoms with Crippen molar-refractivity contribution >= 4 is 23.0 Å². The molecule has 1 amide bonds. The van der Waals surface area contributed by atoms with E-state index in [2.05, 4.69) is 6.92 Å². The highest BCUT2D eigenvalue weighted by Crippen LogP contribution is 2.30. The number of fused-ring (bicyclic) bond motifs is 1. The number of carbonyl (C=O) groups excluding carboxylic acids is 1. The highest BCUT2D eigenvalue weighted by atomic mass is 16.2. The second-order valence-electron chi connectivity index (χ2n) is 9.23. The molecule has 7 heteroatoms. The predicted molar refractivity (Wildman–Crippen MR) is 130 cm³/mol. The van der Waals surface area contributed by atoms with Crippen LogP contribution in [0.15, 0.2) is 64.4 Å². The maximum Gasteiger partial charge on any atom is 0.297 e. The van der Waals surface area contributed by atoms with Crippen LogP contribution in [0.1, 0.15) is 31.0 Å². The van der Waals surface area contributed by atoms with E-state index in [-0.39, 0.29) is 11.5 Å². The minimum atomic E-state index is -0.229. The molecule has 0 saturated carbocycles. The number of aliphatic imine (C=N–C) groups is 1. The highest BCUT2D eigenvalue weighted by molar-refractivity contribution is 6.54. The lowest BCUT2D eigenvalue weighted by atomic mass is 10.0. The summed E-state index contributed by atoms with van der Waals surface area (Å²) in [5.41, 5.74) is 3.58. The highest BCUT2D eigenvalue weighted by Gasteiger charge is 2.37. The van der Waals surface area contributed by atoms with Crippen molar-refractivity contribution in [1.29, 1.82) is 0 Å². The predicted octanol–water partition coefficient (Wildman–Crippen LogP) is 2.22. The Kier molecular flexibility index (Phi) is 5.50. The van der Waals surface area contributed by atoms with Crippen LogP contribution in [-0.4, -0.2) is 40.7 Å². The zero-order chi connectivity index (χ0) is 23.1. The lowest BCUT2D eigenvalue weighted by Gasteiger charge is -2.31. The second-order valence-corrected chi connectivity index (χ2v) is 9.23. The van der Waals surface area contributed by atoms with E-state index in [4.69, 9.17) is 4.99 Å². The molecule has 2 unspecified atom stereocenters. The average Bonchev–Trinajstić information content (AvgIpc) is 3.20. The third kappa shape index (κ3) is 3.72. The number of aromatic nitrogens is 2. The van der Waals surface area contributed by atoms with Crippen molar-refractivity contribution in [3.05, 3.63) is 76.2 Å². The minimum Gasteiger partial charge on any atom is -0.317 e. The average molecular weight is 445 g/mol. The number of nitrogens with zero attached hydrogens (tertiary/aromatic N) is 4. The van der Waals surface area contributed by atoms with Crippen molar-refractivity contribution in [3.8, 4) is 5.69 Å². The maximum atomic E-state index is 13.6. The van der Waals surface area contributed by atoms with Crippen LogP contribution in [0.3, 0.4) is 0 Å². The summed E-state index contributed by atoms with van der Waals surface area (Å²) in [6.45, 7) is 6.91. The molecule has 1 aromatic heterocycles.